The van der Waals surface area contributed by atoms with Crippen LogP contribution in [0, 0.1) is 5.92 Å². The predicted octanol–water partition coefficient (Wildman–Crippen LogP) is 2.00. The summed E-state index contributed by atoms with van der Waals surface area (Å²) >= 11 is 0. The molecular formula is C16H23NO4. The fourth-order valence-electron chi connectivity index (χ4n) is 2.93. The molecule has 1 amide bonds. The highest BCUT2D eigenvalue weighted by Gasteiger charge is 2.34. The van der Waals surface area contributed by atoms with E-state index in [9.17, 15) is 9.90 Å². The Kier molecular flexibility index (Phi) is 5.07. The Morgan fingerprint density at radius 3 is 2.57 bits per heavy atom. The number of carbonyl (C=O) groups is 1. The third-order valence-corrected chi connectivity index (χ3v) is 4.05. The first-order chi connectivity index (χ1) is 10.1. The number of hydrogen-bond acceptors (Lipinski definition) is 4. The Labute approximate surface area is 125 Å². The normalized spacial score (nSPS) is 19.7. The lowest BCUT2D eigenvalue weighted by atomic mass is 10.0. The molecule has 5 nitrogen and oxygen atoms in total. The van der Waals surface area contributed by atoms with Crippen LogP contribution in [0.5, 0.6) is 11.5 Å². The lowest BCUT2D eigenvalue weighted by molar-refractivity contribution is -0.129. The molecule has 2 unspecified atom stereocenters. The van der Waals surface area contributed by atoms with Crippen LogP contribution in [0.1, 0.15) is 31.4 Å². The van der Waals surface area contributed by atoms with Crippen LogP contribution in [0.15, 0.2) is 18.2 Å². The van der Waals surface area contributed by atoms with Crippen LogP contribution in [-0.4, -0.2) is 43.3 Å². The minimum absolute atomic E-state index is 0.00820. The molecule has 1 saturated heterocycles. The van der Waals surface area contributed by atoms with Crippen molar-refractivity contribution in [1.29, 1.82) is 0 Å². The highest BCUT2D eigenvalue weighted by atomic mass is 16.5. The molecule has 2 rings (SSSR count). The van der Waals surface area contributed by atoms with Gasteiger partial charge in [0.1, 0.15) is 0 Å². The number of likely N-dealkylation sites (tertiary alicyclic amines) is 1. The first kappa shape index (κ1) is 15.6. The van der Waals surface area contributed by atoms with Crippen LogP contribution < -0.4 is 9.47 Å². The summed E-state index contributed by atoms with van der Waals surface area (Å²) in [4.78, 5) is 14.0. The van der Waals surface area contributed by atoms with Crippen molar-refractivity contribution in [2.75, 3.05) is 27.4 Å². The van der Waals surface area contributed by atoms with E-state index in [0.29, 0.717) is 24.5 Å². The second-order valence-corrected chi connectivity index (χ2v) is 5.34. The Morgan fingerprint density at radius 2 is 2.05 bits per heavy atom. The van der Waals surface area contributed by atoms with Crippen molar-refractivity contribution in [2.24, 2.45) is 5.92 Å². The van der Waals surface area contributed by atoms with Gasteiger partial charge in [-0.05, 0) is 24.1 Å². The number of amides is 1. The van der Waals surface area contributed by atoms with Gasteiger partial charge in [-0.15, -0.1) is 0 Å². The second kappa shape index (κ2) is 6.80. The number of methoxy groups -OCH3 is 2. The SMILES string of the molecule is CCC(c1ccc(OC)c(OC)c1)N1CC(CO)CC1=O. The van der Waals surface area contributed by atoms with Crippen LogP contribution in [0.4, 0.5) is 0 Å². The van der Waals surface area contributed by atoms with Gasteiger partial charge in [0.05, 0.1) is 20.3 Å². The van der Waals surface area contributed by atoms with E-state index in [1.807, 2.05) is 23.1 Å². The van der Waals surface area contributed by atoms with Crippen LogP contribution in [0.25, 0.3) is 0 Å². The van der Waals surface area contributed by atoms with Crippen molar-refractivity contribution in [1.82, 2.24) is 4.90 Å². The predicted molar refractivity (Wildman–Crippen MR) is 79.5 cm³/mol. The monoisotopic (exact) mass is 293 g/mol. The van der Waals surface area contributed by atoms with E-state index >= 15 is 0 Å². The third-order valence-electron chi connectivity index (χ3n) is 4.05. The average Bonchev–Trinajstić information content (AvgIpc) is 2.89. The van der Waals surface area contributed by atoms with Gasteiger partial charge in [0.15, 0.2) is 11.5 Å². The molecule has 2 atom stereocenters. The zero-order chi connectivity index (χ0) is 15.4. The van der Waals surface area contributed by atoms with Crippen molar-refractivity contribution < 1.29 is 19.4 Å². The maximum absolute atomic E-state index is 12.2. The van der Waals surface area contributed by atoms with Gasteiger partial charge >= 0.3 is 0 Å². The molecule has 1 aromatic rings. The van der Waals surface area contributed by atoms with Gasteiger partial charge < -0.3 is 19.5 Å². The zero-order valence-corrected chi connectivity index (χ0v) is 12.8. The molecule has 1 N–H and O–H groups in total. The summed E-state index contributed by atoms with van der Waals surface area (Å²) in [5, 5.41) is 9.26. The summed E-state index contributed by atoms with van der Waals surface area (Å²) in [6, 6.07) is 5.76. The first-order valence-electron chi connectivity index (χ1n) is 7.26. The van der Waals surface area contributed by atoms with Crippen molar-refractivity contribution in [3.63, 3.8) is 0 Å². The topological polar surface area (TPSA) is 59.0 Å². The minimum Gasteiger partial charge on any atom is -0.493 e. The number of rotatable bonds is 6. The molecule has 1 fully saturated rings. The lowest BCUT2D eigenvalue weighted by Gasteiger charge is -2.28. The maximum atomic E-state index is 12.2. The lowest BCUT2D eigenvalue weighted by Crippen LogP contribution is -2.30. The number of ether oxygens (including phenoxy) is 2. The number of nitrogens with zero attached hydrogens (tertiary/aromatic N) is 1. The summed E-state index contributed by atoms with van der Waals surface area (Å²) in [7, 11) is 3.20. The van der Waals surface area contributed by atoms with Gasteiger partial charge in [0.2, 0.25) is 5.91 Å². The number of aliphatic hydroxyl groups is 1. The molecule has 5 heteroatoms. The molecule has 1 aromatic carbocycles. The summed E-state index contributed by atoms with van der Waals surface area (Å²) in [5.41, 5.74) is 1.03. The molecule has 1 aliphatic rings. The van der Waals surface area contributed by atoms with Gasteiger partial charge in [-0.3, -0.25) is 4.79 Å². The Bertz CT molecular complexity index is 503. The number of carbonyl (C=O) groups excluding carboxylic acids is 1. The summed E-state index contributed by atoms with van der Waals surface area (Å²) in [5.74, 6) is 1.50. The quantitative estimate of drug-likeness (QED) is 0.871. The van der Waals surface area contributed by atoms with Crippen molar-refractivity contribution in [3.8, 4) is 11.5 Å². The highest BCUT2D eigenvalue weighted by Crippen LogP contribution is 2.35. The summed E-state index contributed by atoms with van der Waals surface area (Å²) < 4.78 is 10.6. The molecule has 116 valence electrons. The highest BCUT2D eigenvalue weighted by molar-refractivity contribution is 5.79. The van der Waals surface area contributed by atoms with Gasteiger partial charge in [0, 0.05) is 25.5 Å². The van der Waals surface area contributed by atoms with E-state index in [-0.39, 0.29) is 24.5 Å². The number of aliphatic hydroxyl groups excluding tert-OH is 1. The van der Waals surface area contributed by atoms with Crippen LogP contribution >= 0.6 is 0 Å². The van der Waals surface area contributed by atoms with E-state index in [2.05, 4.69) is 6.92 Å². The Hall–Kier alpha value is -1.75. The molecule has 0 saturated carbocycles. The molecule has 0 spiro atoms. The van der Waals surface area contributed by atoms with Crippen molar-refractivity contribution in [3.05, 3.63) is 23.8 Å². The van der Waals surface area contributed by atoms with Gasteiger partial charge in [0.25, 0.3) is 0 Å². The standard InChI is InChI=1S/C16H23NO4/c1-4-13(17-9-11(10-18)7-16(17)19)12-5-6-14(20-2)15(8-12)21-3/h5-6,8,11,13,18H,4,7,9-10H2,1-3H3. The largest absolute Gasteiger partial charge is 0.493 e. The van der Waals surface area contributed by atoms with E-state index in [1.165, 1.54) is 0 Å². The number of benzene rings is 1. The van der Waals surface area contributed by atoms with E-state index < -0.39 is 0 Å². The molecule has 0 aliphatic carbocycles. The van der Waals surface area contributed by atoms with Crippen molar-refractivity contribution >= 4 is 5.91 Å². The van der Waals surface area contributed by atoms with E-state index in [0.717, 1.165) is 12.0 Å². The maximum Gasteiger partial charge on any atom is 0.223 e. The molecule has 21 heavy (non-hydrogen) atoms. The minimum atomic E-state index is 0.00820. The van der Waals surface area contributed by atoms with Crippen LogP contribution in [0.2, 0.25) is 0 Å². The molecular weight excluding hydrogens is 270 g/mol. The molecule has 0 radical (unpaired) electrons. The Balaban J connectivity index is 2.27. The van der Waals surface area contributed by atoms with E-state index in [4.69, 9.17) is 9.47 Å². The number of hydrogen-bond donors (Lipinski definition) is 1. The fourth-order valence-corrected chi connectivity index (χ4v) is 2.93. The summed E-state index contributed by atoms with van der Waals surface area (Å²) in [6.45, 7) is 2.73. The van der Waals surface area contributed by atoms with Gasteiger partial charge in [-0.25, -0.2) is 0 Å². The van der Waals surface area contributed by atoms with E-state index in [1.54, 1.807) is 14.2 Å². The van der Waals surface area contributed by atoms with Gasteiger partial charge in [-0.2, -0.15) is 0 Å². The Morgan fingerprint density at radius 1 is 1.33 bits per heavy atom. The molecule has 0 aromatic heterocycles. The smallest absolute Gasteiger partial charge is 0.223 e. The molecule has 1 aliphatic heterocycles. The van der Waals surface area contributed by atoms with Crippen molar-refractivity contribution in [2.45, 2.75) is 25.8 Å². The molecule has 1 heterocycles. The fraction of sp³-hybridized carbons (Fsp3) is 0.562. The average molecular weight is 293 g/mol. The summed E-state index contributed by atoms with van der Waals surface area (Å²) in [6.07, 6.45) is 1.25. The van der Waals surface area contributed by atoms with Crippen LogP contribution in [-0.2, 0) is 4.79 Å². The second-order valence-electron chi connectivity index (χ2n) is 5.34. The molecule has 0 bridgehead atoms. The third kappa shape index (κ3) is 3.13. The van der Waals surface area contributed by atoms with Gasteiger partial charge in [-0.1, -0.05) is 13.0 Å². The van der Waals surface area contributed by atoms with Crippen LogP contribution in [0.3, 0.4) is 0 Å². The first-order valence-corrected chi connectivity index (χ1v) is 7.26. The zero-order valence-electron chi connectivity index (χ0n) is 12.8.